The smallest absolute Gasteiger partial charge is 0.342 e. The van der Waals surface area contributed by atoms with Gasteiger partial charge >= 0.3 is 17.9 Å². The van der Waals surface area contributed by atoms with Crippen LogP contribution in [0.1, 0.15) is 81.3 Å². The third kappa shape index (κ3) is 7.10. The number of hydrogen-bond acceptors (Lipinski definition) is 16. The molecular weight excluding hydrogens is 851 g/mol. The van der Waals surface area contributed by atoms with E-state index in [-0.39, 0.29) is 41.2 Å². The molecule has 1 saturated heterocycles. The monoisotopic (exact) mass is 909 g/mol. The maximum Gasteiger partial charge on any atom is 0.342 e. The second-order valence-corrected chi connectivity index (χ2v) is 18.9. The lowest BCUT2D eigenvalue weighted by Gasteiger charge is -2.72. The van der Waals surface area contributed by atoms with Crippen molar-refractivity contribution in [2.45, 2.75) is 115 Å². The van der Waals surface area contributed by atoms with Gasteiger partial charge in [-0.3, -0.25) is 14.4 Å². The van der Waals surface area contributed by atoms with Crippen LogP contribution in [0.4, 0.5) is 0 Å². The van der Waals surface area contributed by atoms with Crippen LogP contribution in [0.3, 0.4) is 0 Å². The molecule has 1 aromatic heterocycles. The first-order valence-electron chi connectivity index (χ1n) is 20.9. The van der Waals surface area contributed by atoms with Gasteiger partial charge in [0.05, 0.1) is 48.7 Å². The van der Waals surface area contributed by atoms with Crippen molar-refractivity contribution < 1.29 is 72.5 Å². The van der Waals surface area contributed by atoms with Crippen molar-refractivity contribution in [2.75, 3.05) is 35.0 Å². The first kappa shape index (κ1) is 48.5. The minimum Gasteiger partial charge on any atom is -0.497 e. The van der Waals surface area contributed by atoms with Gasteiger partial charge in [0, 0.05) is 39.3 Å². The van der Waals surface area contributed by atoms with E-state index in [0.717, 1.165) is 6.92 Å². The number of benzene rings is 1. The fourth-order valence-electron chi connectivity index (χ4n) is 10.8. The predicted molar refractivity (Wildman–Crippen MR) is 232 cm³/mol. The highest BCUT2D eigenvalue weighted by Gasteiger charge is 2.84. The molecule has 1 aliphatic heterocycles. The van der Waals surface area contributed by atoms with Crippen molar-refractivity contribution >= 4 is 40.9 Å². The molecule has 4 aliphatic rings. The summed E-state index contributed by atoms with van der Waals surface area (Å²) >= 11 is 1.19. The number of thiophene rings is 1. The second kappa shape index (κ2) is 17.5. The zero-order valence-corrected chi connectivity index (χ0v) is 38.9. The lowest BCUT2D eigenvalue weighted by molar-refractivity contribution is -0.371. The van der Waals surface area contributed by atoms with E-state index in [4.69, 9.17) is 33.2 Å². The topological polar surface area (TPSA) is 214 Å². The van der Waals surface area contributed by atoms with Crippen molar-refractivity contribution in [2.24, 2.45) is 16.2 Å². The molecule has 64 heavy (non-hydrogen) atoms. The van der Waals surface area contributed by atoms with E-state index in [1.165, 1.54) is 69.7 Å². The van der Waals surface area contributed by atoms with Crippen molar-refractivity contribution in [1.29, 1.82) is 0 Å². The Morgan fingerprint density at radius 2 is 1.73 bits per heavy atom. The van der Waals surface area contributed by atoms with E-state index in [9.17, 15) is 34.5 Å². The number of esters is 3. The summed E-state index contributed by atoms with van der Waals surface area (Å²) < 4.78 is 42.0. The summed E-state index contributed by atoms with van der Waals surface area (Å²) in [5.74, 6) is -3.93. The highest BCUT2D eigenvalue weighted by molar-refractivity contribution is 7.12. The third-order valence-corrected chi connectivity index (χ3v) is 15.1. The average molecular weight is 910 g/mol. The number of nitrogens with zero attached hydrogens (tertiary/aromatic N) is 1. The summed E-state index contributed by atoms with van der Waals surface area (Å²) in [6.45, 7) is 14.7. The Labute approximate surface area is 376 Å². The maximum absolute atomic E-state index is 15.8. The summed E-state index contributed by atoms with van der Waals surface area (Å²) in [5.41, 5.74) is -9.35. The number of carbonyl (C=O) groups excluding carboxylic acids is 5. The number of aliphatic hydroxyl groups is 3. The number of aliphatic hydroxyl groups excluding tert-OH is 2. The van der Waals surface area contributed by atoms with Gasteiger partial charge in [-0.15, -0.1) is 17.9 Å². The summed E-state index contributed by atoms with van der Waals surface area (Å²) in [6.07, 6.45) is -7.54. The summed E-state index contributed by atoms with van der Waals surface area (Å²) in [5, 5.41) is 39.8. The van der Waals surface area contributed by atoms with Crippen LogP contribution < -0.4 is 9.47 Å². The molecule has 1 amide bonds. The largest absolute Gasteiger partial charge is 0.497 e. The van der Waals surface area contributed by atoms with Crippen LogP contribution in [0.15, 0.2) is 71.2 Å². The van der Waals surface area contributed by atoms with Gasteiger partial charge in [0.1, 0.15) is 47.1 Å². The molecule has 0 spiro atoms. The molecule has 2 heterocycles. The Hall–Kier alpha value is -4.91. The van der Waals surface area contributed by atoms with Gasteiger partial charge in [-0.2, -0.15) is 0 Å². The molecule has 0 radical (unpaired) electrons. The summed E-state index contributed by atoms with van der Waals surface area (Å²) in [7, 11) is 5.47. The van der Waals surface area contributed by atoms with Crippen LogP contribution in [0, 0.1) is 16.2 Å². The number of ketones is 1. The molecule has 11 atom stereocenters. The first-order valence-corrected chi connectivity index (χ1v) is 21.8. The minimum absolute atomic E-state index is 0.0615. The van der Waals surface area contributed by atoms with E-state index in [2.05, 4.69) is 6.58 Å². The predicted octanol–water partition coefficient (Wildman–Crippen LogP) is 4.39. The number of likely N-dealkylation sites (N-methyl/N-ethyl adjacent to an activating group) is 1. The van der Waals surface area contributed by atoms with E-state index < -0.39 is 106 Å². The molecule has 3 aliphatic carbocycles. The van der Waals surface area contributed by atoms with E-state index >= 15 is 4.79 Å². The molecule has 17 heteroatoms. The highest BCUT2D eigenvalue weighted by atomic mass is 32.1. The quantitative estimate of drug-likeness (QED) is 0.145. The van der Waals surface area contributed by atoms with Crippen LogP contribution >= 0.6 is 11.3 Å². The Balaban J connectivity index is 1.60. The zero-order valence-electron chi connectivity index (χ0n) is 38.1. The highest BCUT2D eigenvalue weighted by Crippen LogP contribution is 2.70. The molecule has 0 unspecified atom stereocenters. The number of allylic oxidation sites excluding steroid dienone is 1. The van der Waals surface area contributed by atoms with Gasteiger partial charge in [0.2, 0.25) is 0 Å². The molecule has 3 fully saturated rings. The zero-order chi connectivity index (χ0) is 47.5. The van der Waals surface area contributed by atoms with E-state index in [1.807, 2.05) is 0 Å². The van der Waals surface area contributed by atoms with E-state index in [1.54, 1.807) is 64.3 Å². The number of carbonyl (C=O) groups is 5. The normalized spacial score (nSPS) is 32.4. The number of amides is 1. The maximum atomic E-state index is 15.8. The summed E-state index contributed by atoms with van der Waals surface area (Å²) in [4.78, 5) is 73.4. The minimum atomic E-state index is -2.44. The Morgan fingerprint density at radius 3 is 2.27 bits per heavy atom. The Morgan fingerprint density at radius 1 is 1.05 bits per heavy atom. The molecule has 2 saturated carbocycles. The average Bonchev–Trinajstić information content (AvgIpc) is 3.80. The lowest BCUT2D eigenvalue weighted by atomic mass is 9.38. The van der Waals surface area contributed by atoms with Crippen molar-refractivity contribution in [3.63, 3.8) is 0 Å². The third-order valence-electron chi connectivity index (χ3n) is 14.3. The van der Waals surface area contributed by atoms with Crippen molar-refractivity contribution in [1.82, 2.24) is 4.90 Å². The number of rotatable bonds is 13. The number of Topliss-reactive ketones (excluding diaryl/α,β-unsaturated/α-hetero) is 1. The van der Waals surface area contributed by atoms with Crippen LogP contribution in [0.5, 0.6) is 11.5 Å². The molecule has 1 aromatic carbocycles. The van der Waals surface area contributed by atoms with Crippen molar-refractivity contribution in [3.8, 4) is 11.5 Å². The van der Waals surface area contributed by atoms with Gasteiger partial charge < -0.3 is 53.4 Å². The van der Waals surface area contributed by atoms with Crippen molar-refractivity contribution in [3.05, 3.63) is 81.6 Å². The molecule has 2 bridgehead atoms. The van der Waals surface area contributed by atoms with Crippen LogP contribution in [-0.4, -0.2) is 139 Å². The number of ether oxygens (including phenoxy) is 7. The second-order valence-electron chi connectivity index (χ2n) is 18.0. The standard InChI is InChI=1S/C47H59NO15S/c1-13-45-42(62-40(54)28-20-27(57-10)16-17-30(28)58-11)46(56)22-31(61-41(55)36(51)29(19-24(2)3)48(9)39(53)32-15-14-18-64-32)25(4)35(43(46,6)7)37(59-12)38(52)44(45,8)33(50)21-34-47(45,23-60-34)63-26(5)49/h13-20,29,31,33-34,36-37,42,50-51,56H,1,21-23H2,2-12H3/t29-,31-,33-,34+,36+,37+,42-,44-,45-,46+,47-/m0/s1. The van der Waals surface area contributed by atoms with Gasteiger partial charge in [-0.05, 0) is 68.5 Å². The van der Waals surface area contributed by atoms with Crippen LogP contribution in [0.25, 0.3) is 0 Å². The molecule has 2 aromatic rings. The molecule has 16 nitrogen and oxygen atoms in total. The molecule has 3 N–H and O–H groups in total. The van der Waals surface area contributed by atoms with Crippen LogP contribution in [0.2, 0.25) is 0 Å². The molecule has 348 valence electrons. The fraction of sp³-hybridized carbons (Fsp3) is 0.553. The molecule has 6 rings (SSSR count). The van der Waals surface area contributed by atoms with Gasteiger partial charge in [-0.1, -0.05) is 37.6 Å². The number of methoxy groups -OCH3 is 3. The SMILES string of the molecule is C=C[C@]12[C@H](OC(=O)c3cc(OC)ccc3OC)[C@]3(O)C[C@H](OC(=O)[C@H](O)[C@H](C=C(C)C)N(C)C(=O)c4cccs4)C(C)=C([C@@H](OC)C(=O)[C@]1(C)[C@@H](O)C[C@H]1OC[C@]12OC(C)=O)C3(C)C. The fourth-order valence-corrected chi connectivity index (χ4v) is 11.5. The Bertz CT molecular complexity index is 2270. The number of fused-ring (bicyclic) bond motifs is 5. The van der Waals surface area contributed by atoms with Crippen LogP contribution in [-0.2, 0) is 38.1 Å². The van der Waals surface area contributed by atoms with E-state index in [0.29, 0.717) is 10.5 Å². The van der Waals surface area contributed by atoms with Gasteiger partial charge in [0.15, 0.2) is 17.5 Å². The lowest BCUT2D eigenvalue weighted by Crippen LogP contribution is -2.86. The Kier molecular flexibility index (Phi) is 13.3. The van der Waals surface area contributed by atoms with Gasteiger partial charge in [-0.25, -0.2) is 9.59 Å². The first-order chi connectivity index (χ1) is 30.0. The molecular formula is C47H59NO15S. The summed E-state index contributed by atoms with van der Waals surface area (Å²) in [6, 6.07) is 6.52. The van der Waals surface area contributed by atoms with Gasteiger partial charge in [0.25, 0.3) is 5.91 Å². The number of hydrogen-bond donors (Lipinski definition) is 3.